The van der Waals surface area contributed by atoms with Gasteiger partial charge in [0.15, 0.2) is 11.2 Å². The van der Waals surface area contributed by atoms with Crippen molar-refractivity contribution in [3.63, 3.8) is 0 Å². The first-order valence-electron chi connectivity index (χ1n) is 8.98. The zero-order valence-electron chi connectivity index (χ0n) is 15.4. The minimum atomic E-state index is -0.958. The second-order valence-electron chi connectivity index (χ2n) is 6.54. The molecule has 0 bridgehead atoms. The number of hydrogen-bond donors (Lipinski definition) is 1. The number of benzene rings is 2. The van der Waals surface area contributed by atoms with E-state index in [4.69, 9.17) is 0 Å². The highest BCUT2D eigenvalue weighted by Crippen LogP contribution is 2.42. The van der Waals surface area contributed by atoms with Gasteiger partial charge in [0.25, 0.3) is 0 Å². The highest BCUT2D eigenvalue weighted by atomic mass is 32.2. The Kier molecular flexibility index (Phi) is 5.12. The molecule has 0 amide bonds. The van der Waals surface area contributed by atoms with Crippen LogP contribution in [0.15, 0.2) is 84.1 Å². The van der Waals surface area contributed by atoms with Crippen molar-refractivity contribution in [1.82, 2.24) is 10.4 Å². The van der Waals surface area contributed by atoms with Gasteiger partial charge in [-0.3, -0.25) is 15.2 Å². The van der Waals surface area contributed by atoms with Crippen molar-refractivity contribution in [2.45, 2.75) is 11.4 Å². The number of thioether (sulfide) groups is 1. The lowest BCUT2D eigenvalue weighted by Crippen LogP contribution is -2.36. The van der Waals surface area contributed by atoms with Crippen molar-refractivity contribution in [3.05, 3.63) is 95.8 Å². The lowest BCUT2D eigenvalue weighted by Gasteiger charge is -2.29. The Bertz CT molecular complexity index is 994. The summed E-state index contributed by atoms with van der Waals surface area (Å²) in [5.41, 5.74) is 6.88. The third-order valence-electron chi connectivity index (χ3n) is 4.61. The Morgan fingerprint density at radius 3 is 2.54 bits per heavy atom. The van der Waals surface area contributed by atoms with Crippen molar-refractivity contribution < 1.29 is 4.79 Å². The zero-order valence-corrected chi connectivity index (χ0v) is 16.3. The summed E-state index contributed by atoms with van der Waals surface area (Å²) in [6.07, 6.45) is 2.72. The predicted molar refractivity (Wildman–Crippen MR) is 114 cm³/mol. The average molecular weight is 388 g/mol. The quantitative estimate of drug-likeness (QED) is 0.652. The molecule has 140 valence electrons. The number of para-hydroxylation sites is 1. The number of carbonyl (C=O) groups excluding carboxylic acids is 1. The van der Waals surface area contributed by atoms with Gasteiger partial charge in [-0.05, 0) is 18.2 Å². The number of anilines is 1. The molecule has 3 aromatic rings. The van der Waals surface area contributed by atoms with Gasteiger partial charge in [-0.2, -0.15) is 5.10 Å². The van der Waals surface area contributed by atoms with Crippen LogP contribution in [0.3, 0.4) is 0 Å². The fourth-order valence-electron chi connectivity index (χ4n) is 3.21. The molecule has 1 atom stereocenters. The normalized spacial score (nSPS) is 18.2. The highest BCUT2D eigenvalue weighted by Gasteiger charge is 2.41. The standard InChI is InChI=1S/C22H20N4OS/c1-26(15-18-11-7-8-14-23-18)20-13-6-5-12-19(20)22(16-27)25-24-21(28-22)17-9-3-2-4-10-17/h2-14,16,25H,15H2,1H3. The smallest absolute Gasteiger partial charge is 0.188 e. The van der Waals surface area contributed by atoms with E-state index in [-0.39, 0.29) is 0 Å². The summed E-state index contributed by atoms with van der Waals surface area (Å²) >= 11 is 1.43. The summed E-state index contributed by atoms with van der Waals surface area (Å²) in [6.45, 7) is 0.643. The molecule has 2 aromatic carbocycles. The maximum atomic E-state index is 12.3. The van der Waals surface area contributed by atoms with Crippen LogP contribution in [0.1, 0.15) is 16.8 Å². The summed E-state index contributed by atoms with van der Waals surface area (Å²) in [5.74, 6) is 0. The number of hydrazone groups is 1. The van der Waals surface area contributed by atoms with E-state index in [2.05, 4.69) is 20.4 Å². The topological polar surface area (TPSA) is 57.6 Å². The maximum Gasteiger partial charge on any atom is 0.188 e. The Morgan fingerprint density at radius 1 is 1.04 bits per heavy atom. The molecule has 28 heavy (non-hydrogen) atoms. The lowest BCUT2D eigenvalue weighted by molar-refractivity contribution is -0.110. The molecule has 0 aliphatic carbocycles. The number of nitrogens with one attached hydrogen (secondary N) is 1. The zero-order chi connectivity index (χ0) is 19.4. The first kappa shape index (κ1) is 18.3. The van der Waals surface area contributed by atoms with Crippen molar-refractivity contribution in [2.75, 3.05) is 11.9 Å². The summed E-state index contributed by atoms with van der Waals surface area (Å²) in [6, 6.07) is 23.7. The van der Waals surface area contributed by atoms with Crippen LogP contribution in [-0.4, -0.2) is 23.4 Å². The van der Waals surface area contributed by atoms with Crippen LogP contribution < -0.4 is 10.3 Å². The number of nitrogens with zero attached hydrogens (tertiary/aromatic N) is 3. The number of aromatic nitrogens is 1. The fourth-order valence-corrected chi connectivity index (χ4v) is 4.28. The second-order valence-corrected chi connectivity index (χ2v) is 7.78. The number of rotatable bonds is 6. The van der Waals surface area contributed by atoms with Gasteiger partial charge < -0.3 is 4.90 Å². The molecule has 1 aliphatic rings. The fraction of sp³-hybridized carbons (Fsp3) is 0.136. The van der Waals surface area contributed by atoms with Crippen molar-refractivity contribution in [3.8, 4) is 0 Å². The van der Waals surface area contributed by atoms with Crippen LogP contribution in [0.4, 0.5) is 5.69 Å². The average Bonchev–Trinajstić information content (AvgIpc) is 3.21. The van der Waals surface area contributed by atoms with E-state index in [9.17, 15) is 4.79 Å². The van der Waals surface area contributed by atoms with E-state index in [1.54, 1.807) is 6.20 Å². The molecular weight excluding hydrogens is 368 g/mol. The van der Waals surface area contributed by atoms with E-state index >= 15 is 0 Å². The molecule has 1 aliphatic heterocycles. The van der Waals surface area contributed by atoms with Crippen LogP contribution in [0.5, 0.6) is 0 Å². The minimum absolute atomic E-state index is 0.643. The van der Waals surface area contributed by atoms with Gasteiger partial charge in [-0.15, -0.1) is 0 Å². The molecule has 1 unspecified atom stereocenters. The largest absolute Gasteiger partial charge is 0.368 e. The van der Waals surface area contributed by atoms with E-state index < -0.39 is 4.87 Å². The van der Waals surface area contributed by atoms with Crippen molar-refractivity contribution in [2.24, 2.45) is 5.10 Å². The molecular formula is C22H20N4OS. The van der Waals surface area contributed by atoms with Crippen LogP contribution in [0, 0.1) is 0 Å². The van der Waals surface area contributed by atoms with Gasteiger partial charge in [-0.25, -0.2) is 0 Å². The lowest BCUT2D eigenvalue weighted by atomic mass is 10.0. The summed E-state index contributed by atoms with van der Waals surface area (Å²) in [4.78, 5) is 17.8. The van der Waals surface area contributed by atoms with E-state index in [1.807, 2.05) is 79.8 Å². The Hall–Kier alpha value is -3.12. The Morgan fingerprint density at radius 2 is 1.79 bits per heavy atom. The first-order valence-corrected chi connectivity index (χ1v) is 9.80. The molecule has 1 N–H and O–H groups in total. The van der Waals surface area contributed by atoms with E-state index in [1.165, 1.54) is 11.8 Å². The second kappa shape index (κ2) is 7.86. The van der Waals surface area contributed by atoms with Crippen LogP contribution in [0.25, 0.3) is 0 Å². The number of carbonyl (C=O) groups is 1. The number of hydrogen-bond acceptors (Lipinski definition) is 6. The number of pyridine rings is 1. The SMILES string of the molecule is CN(Cc1ccccn1)c1ccccc1C1(C=O)NN=C(c2ccccc2)S1. The molecule has 5 nitrogen and oxygen atoms in total. The molecule has 0 spiro atoms. The van der Waals surface area contributed by atoms with Gasteiger partial charge >= 0.3 is 0 Å². The van der Waals surface area contributed by atoms with Crippen molar-refractivity contribution in [1.29, 1.82) is 0 Å². The molecule has 0 radical (unpaired) electrons. The van der Waals surface area contributed by atoms with Gasteiger partial charge in [0.05, 0.1) is 12.2 Å². The molecule has 2 heterocycles. The Balaban J connectivity index is 1.64. The monoisotopic (exact) mass is 388 g/mol. The third-order valence-corrected chi connectivity index (χ3v) is 5.86. The summed E-state index contributed by atoms with van der Waals surface area (Å²) < 4.78 is 0. The maximum absolute atomic E-state index is 12.3. The molecule has 0 saturated heterocycles. The minimum Gasteiger partial charge on any atom is -0.368 e. The Labute approximate surface area is 168 Å². The molecule has 4 rings (SSSR count). The van der Waals surface area contributed by atoms with E-state index in [0.29, 0.717) is 6.54 Å². The van der Waals surface area contributed by atoms with Crippen LogP contribution in [-0.2, 0) is 16.2 Å². The number of aldehydes is 1. The first-order chi connectivity index (χ1) is 13.7. The van der Waals surface area contributed by atoms with Crippen LogP contribution in [0.2, 0.25) is 0 Å². The van der Waals surface area contributed by atoms with Gasteiger partial charge in [0.2, 0.25) is 0 Å². The predicted octanol–water partition coefficient (Wildman–Crippen LogP) is 3.77. The van der Waals surface area contributed by atoms with E-state index in [0.717, 1.165) is 33.8 Å². The molecule has 0 saturated carbocycles. The summed E-state index contributed by atoms with van der Waals surface area (Å²) in [5, 5.41) is 5.26. The summed E-state index contributed by atoms with van der Waals surface area (Å²) in [7, 11) is 2.00. The van der Waals surface area contributed by atoms with Gasteiger partial charge in [0.1, 0.15) is 5.04 Å². The third kappa shape index (κ3) is 3.51. The molecule has 6 heteroatoms. The van der Waals surface area contributed by atoms with Crippen LogP contribution >= 0.6 is 11.8 Å². The highest BCUT2D eigenvalue weighted by molar-refractivity contribution is 8.15. The molecule has 0 fully saturated rings. The van der Waals surface area contributed by atoms with Gasteiger partial charge in [-0.1, -0.05) is 66.4 Å². The molecule has 1 aromatic heterocycles. The van der Waals surface area contributed by atoms with Gasteiger partial charge in [0, 0.05) is 30.1 Å². The van der Waals surface area contributed by atoms with Crippen molar-refractivity contribution >= 4 is 28.8 Å².